The molecule has 8 nitrogen and oxygen atoms in total. The molecule has 8 heteroatoms. The number of hydrogen-bond acceptors (Lipinski definition) is 6. The summed E-state index contributed by atoms with van der Waals surface area (Å²) in [5, 5.41) is 9.78. The van der Waals surface area contributed by atoms with Crippen molar-refractivity contribution in [2.75, 3.05) is 33.9 Å². The summed E-state index contributed by atoms with van der Waals surface area (Å²) in [6.45, 7) is 5.87. The smallest absolute Gasteiger partial charge is 0.259 e. The van der Waals surface area contributed by atoms with Gasteiger partial charge in [0.25, 0.3) is 5.91 Å². The van der Waals surface area contributed by atoms with E-state index in [9.17, 15) is 14.7 Å². The summed E-state index contributed by atoms with van der Waals surface area (Å²) >= 11 is 0. The number of rotatable bonds is 6. The third-order valence-electron chi connectivity index (χ3n) is 5.93. The van der Waals surface area contributed by atoms with Crippen LogP contribution < -0.4 is 9.47 Å². The molecule has 1 aromatic heterocycles. The van der Waals surface area contributed by atoms with E-state index in [1.807, 2.05) is 31.2 Å². The lowest BCUT2D eigenvalue weighted by molar-refractivity contribution is -0.129. The molecule has 0 bridgehead atoms. The molecule has 1 aliphatic heterocycles. The van der Waals surface area contributed by atoms with Crippen molar-refractivity contribution in [2.45, 2.75) is 32.9 Å². The SMILES string of the molecule is COc1ccccc1-c1cnc2c(c1)C(=O)N([C@H](C)CO)C[C@H](C)[C@H](CN(C)C(C)=O)O2. The number of pyridine rings is 1. The van der Waals surface area contributed by atoms with Gasteiger partial charge < -0.3 is 24.4 Å². The van der Waals surface area contributed by atoms with Gasteiger partial charge in [0.15, 0.2) is 0 Å². The highest BCUT2D eigenvalue weighted by atomic mass is 16.5. The van der Waals surface area contributed by atoms with E-state index in [-0.39, 0.29) is 42.4 Å². The number of carbonyl (C=O) groups excluding carboxylic acids is 2. The Morgan fingerprint density at radius 2 is 2.09 bits per heavy atom. The first-order valence-electron chi connectivity index (χ1n) is 10.7. The van der Waals surface area contributed by atoms with Gasteiger partial charge in [-0.05, 0) is 19.1 Å². The Balaban J connectivity index is 2.09. The predicted molar refractivity (Wildman–Crippen MR) is 121 cm³/mol. The van der Waals surface area contributed by atoms with E-state index in [1.165, 1.54) is 6.92 Å². The molecule has 1 aliphatic rings. The maximum absolute atomic E-state index is 13.5. The monoisotopic (exact) mass is 441 g/mol. The zero-order valence-electron chi connectivity index (χ0n) is 19.2. The van der Waals surface area contributed by atoms with Crippen LogP contribution in [0.2, 0.25) is 0 Å². The van der Waals surface area contributed by atoms with Gasteiger partial charge in [-0.2, -0.15) is 0 Å². The molecule has 0 unspecified atom stereocenters. The summed E-state index contributed by atoms with van der Waals surface area (Å²) in [6, 6.07) is 8.89. The summed E-state index contributed by atoms with van der Waals surface area (Å²) in [6.07, 6.45) is 1.29. The molecule has 2 heterocycles. The van der Waals surface area contributed by atoms with Crippen molar-refractivity contribution in [3.63, 3.8) is 0 Å². The number of benzene rings is 1. The van der Waals surface area contributed by atoms with Gasteiger partial charge in [-0.3, -0.25) is 9.59 Å². The molecular weight excluding hydrogens is 410 g/mol. The fourth-order valence-electron chi connectivity index (χ4n) is 3.75. The second-order valence-electron chi connectivity index (χ2n) is 8.30. The Labute approximate surface area is 188 Å². The van der Waals surface area contributed by atoms with Crippen LogP contribution in [0, 0.1) is 5.92 Å². The lowest BCUT2D eigenvalue weighted by Crippen LogP contribution is -2.50. The molecule has 1 N–H and O–H groups in total. The van der Waals surface area contributed by atoms with Crippen LogP contribution in [0.15, 0.2) is 36.5 Å². The number of ether oxygens (including phenoxy) is 2. The highest BCUT2D eigenvalue weighted by Gasteiger charge is 2.34. The normalized spacial score (nSPS) is 19.3. The molecule has 0 fully saturated rings. The fourth-order valence-corrected chi connectivity index (χ4v) is 3.75. The zero-order chi connectivity index (χ0) is 23.4. The van der Waals surface area contributed by atoms with E-state index in [0.717, 1.165) is 11.1 Å². The van der Waals surface area contributed by atoms with Gasteiger partial charge in [0, 0.05) is 43.8 Å². The Morgan fingerprint density at radius 3 is 2.75 bits per heavy atom. The molecule has 3 atom stereocenters. The highest BCUT2D eigenvalue weighted by molar-refractivity contribution is 5.98. The van der Waals surface area contributed by atoms with Crippen molar-refractivity contribution < 1.29 is 24.2 Å². The number of nitrogens with zero attached hydrogens (tertiary/aromatic N) is 3. The van der Waals surface area contributed by atoms with E-state index in [1.54, 1.807) is 43.1 Å². The number of para-hydroxylation sites is 1. The summed E-state index contributed by atoms with van der Waals surface area (Å²) < 4.78 is 11.7. The minimum absolute atomic E-state index is 0.0702. The minimum atomic E-state index is -0.378. The molecule has 172 valence electrons. The van der Waals surface area contributed by atoms with Crippen LogP contribution in [0.5, 0.6) is 11.6 Å². The highest BCUT2D eigenvalue weighted by Crippen LogP contribution is 2.34. The van der Waals surface area contributed by atoms with Gasteiger partial charge in [-0.15, -0.1) is 0 Å². The predicted octanol–water partition coefficient (Wildman–Crippen LogP) is 2.46. The number of likely N-dealkylation sites (N-methyl/N-ethyl adjacent to an activating group) is 1. The van der Waals surface area contributed by atoms with Gasteiger partial charge in [0.05, 0.1) is 26.3 Å². The number of carbonyl (C=O) groups is 2. The molecular formula is C24H31N3O5. The third kappa shape index (κ3) is 4.85. The molecule has 2 amide bonds. The average molecular weight is 442 g/mol. The number of aliphatic hydroxyl groups is 1. The average Bonchev–Trinajstić information content (AvgIpc) is 2.80. The zero-order valence-corrected chi connectivity index (χ0v) is 19.2. The molecule has 0 aliphatic carbocycles. The van der Waals surface area contributed by atoms with Gasteiger partial charge in [-0.1, -0.05) is 25.1 Å². The first kappa shape index (κ1) is 23.5. The summed E-state index contributed by atoms with van der Waals surface area (Å²) in [4.78, 5) is 33.0. The van der Waals surface area contributed by atoms with Crippen LogP contribution in [0.25, 0.3) is 11.1 Å². The van der Waals surface area contributed by atoms with Crippen LogP contribution in [0.3, 0.4) is 0 Å². The van der Waals surface area contributed by atoms with Crippen LogP contribution in [-0.2, 0) is 4.79 Å². The Hall–Kier alpha value is -3.13. The first-order chi connectivity index (χ1) is 15.3. The van der Waals surface area contributed by atoms with E-state index in [2.05, 4.69) is 4.98 Å². The van der Waals surface area contributed by atoms with E-state index < -0.39 is 0 Å². The number of methoxy groups -OCH3 is 1. The molecule has 0 spiro atoms. The van der Waals surface area contributed by atoms with Gasteiger partial charge in [-0.25, -0.2) is 4.98 Å². The van der Waals surface area contributed by atoms with E-state index in [0.29, 0.717) is 24.4 Å². The molecule has 0 saturated carbocycles. The van der Waals surface area contributed by atoms with Gasteiger partial charge in [0.2, 0.25) is 11.8 Å². The number of amides is 2. The summed E-state index contributed by atoms with van der Waals surface area (Å²) in [5.74, 6) is 0.481. The molecule has 32 heavy (non-hydrogen) atoms. The van der Waals surface area contributed by atoms with E-state index in [4.69, 9.17) is 9.47 Å². The quantitative estimate of drug-likeness (QED) is 0.740. The number of hydrogen-bond donors (Lipinski definition) is 1. The number of aliphatic hydroxyl groups excluding tert-OH is 1. The Bertz CT molecular complexity index is 980. The van der Waals surface area contributed by atoms with Crippen LogP contribution >= 0.6 is 0 Å². The molecule has 1 aromatic carbocycles. The first-order valence-corrected chi connectivity index (χ1v) is 10.7. The van der Waals surface area contributed by atoms with E-state index >= 15 is 0 Å². The van der Waals surface area contributed by atoms with Crippen molar-refractivity contribution in [3.8, 4) is 22.8 Å². The van der Waals surface area contributed by atoms with Crippen molar-refractivity contribution >= 4 is 11.8 Å². The van der Waals surface area contributed by atoms with Crippen LogP contribution in [0.1, 0.15) is 31.1 Å². The second-order valence-corrected chi connectivity index (χ2v) is 8.30. The lowest BCUT2D eigenvalue weighted by Gasteiger charge is -2.37. The number of aromatic nitrogens is 1. The standard InChI is InChI=1S/C24H31N3O5/c1-15-12-27(16(2)14-28)24(30)20-10-18(19-8-6-7-9-21(19)31-5)11-25-23(20)32-22(15)13-26(4)17(3)29/h6-11,15-16,22,28H,12-14H2,1-5H3/t15-,16+,22-/m0/s1. The van der Waals surface area contributed by atoms with Crippen LogP contribution in [-0.4, -0.2) is 77.7 Å². The van der Waals surface area contributed by atoms with Gasteiger partial charge >= 0.3 is 0 Å². The molecule has 2 aromatic rings. The lowest BCUT2D eigenvalue weighted by atomic mass is 9.99. The van der Waals surface area contributed by atoms with Gasteiger partial charge in [0.1, 0.15) is 17.4 Å². The molecule has 3 rings (SSSR count). The van der Waals surface area contributed by atoms with Crippen molar-refractivity contribution in [3.05, 3.63) is 42.1 Å². The largest absolute Gasteiger partial charge is 0.496 e. The molecule has 0 saturated heterocycles. The maximum atomic E-state index is 13.5. The number of fused-ring (bicyclic) bond motifs is 1. The second kappa shape index (κ2) is 9.99. The fraction of sp³-hybridized carbons (Fsp3) is 0.458. The minimum Gasteiger partial charge on any atom is -0.496 e. The maximum Gasteiger partial charge on any atom is 0.259 e. The summed E-state index contributed by atoms with van der Waals surface area (Å²) in [7, 11) is 3.31. The van der Waals surface area contributed by atoms with Crippen molar-refractivity contribution in [2.24, 2.45) is 5.92 Å². The van der Waals surface area contributed by atoms with Crippen LogP contribution in [0.4, 0.5) is 0 Å². The summed E-state index contributed by atoms with van der Waals surface area (Å²) in [5.41, 5.74) is 1.85. The van der Waals surface area contributed by atoms with Crippen molar-refractivity contribution in [1.82, 2.24) is 14.8 Å². The van der Waals surface area contributed by atoms with Crippen molar-refractivity contribution in [1.29, 1.82) is 0 Å². The Kier molecular flexibility index (Phi) is 7.35. The third-order valence-corrected chi connectivity index (χ3v) is 5.93. The Morgan fingerprint density at radius 1 is 1.38 bits per heavy atom. The topological polar surface area (TPSA) is 92.2 Å². The molecule has 0 radical (unpaired) electrons.